The lowest BCUT2D eigenvalue weighted by Crippen LogP contribution is -2.37. The van der Waals surface area contributed by atoms with E-state index >= 15 is 0 Å². The Morgan fingerprint density at radius 1 is 1.36 bits per heavy atom. The zero-order valence-electron chi connectivity index (χ0n) is 10.8. The van der Waals surface area contributed by atoms with Gasteiger partial charge in [-0.3, -0.25) is 0 Å². The van der Waals surface area contributed by atoms with E-state index in [1.54, 1.807) is 24.3 Å². The molecule has 1 aromatic carbocycles. The Kier molecular flexibility index (Phi) is 3.74. The molecule has 11 nitrogen and oxygen atoms in total. The molecule has 3 aromatic rings. The van der Waals surface area contributed by atoms with Crippen LogP contribution in [0.3, 0.4) is 0 Å². The Morgan fingerprint density at radius 3 is 2.91 bits per heavy atom. The summed E-state index contributed by atoms with van der Waals surface area (Å²) < 4.78 is 8.13. The van der Waals surface area contributed by atoms with Gasteiger partial charge < -0.3 is 9.73 Å². The van der Waals surface area contributed by atoms with E-state index in [4.69, 9.17) is 4.42 Å². The molecule has 1 unspecified atom stereocenters. The van der Waals surface area contributed by atoms with Crippen LogP contribution < -0.4 is 5.32 Å². The quantitative estimate of drug-likeness (QED) is 0.490. The average Bonchev–Trinajstić information content (AvgIpc) is 3.20. The first-order chi connectivity index (χ1) is 10.8. The van der Waals surface area contributed by atoms with Crippen LogP contribution in [0.15, 0.2) is 38.4 Å². The Bertz CT molecular complexity index is 757. The molecule has 22 heavy (non-hydrogen) atoms. The van der Waals surface area contributed by atoms with Crippen molar-refractivity contribution in [3.05, 3.63) is 39.9 Å². The fourth-order valence-corrected chi connectivity index (χ4v) is 2.30. The number of tetrazole rings is 1. The maximum absolute atomic E-state index is 11.4. The average molecular weight is 320 g/mol. The summed E-state index contributed by atoms with van der Waals surface area (Å²) in [6.07, 6.45) is 0. The van der Waals surface area contributed by atoms with Crippen molar-refractivity contribution in [3.8, 4) is 0 Å². The molecule has 0 saturated heterocycles. The molecule has 0 aliphatic carbocycles. The molecule has 0 aliphatic rings. The lowest BCUT2D eigenvalue weighted by molar-refractivity contribution is 0.502. The smallest absolute Gasteiger partial charge is 0.298 e. The van der Waals surface area contributed by atoms with Crippen molar-refractivity contribution < 1.29 is 4.42 Å². The standard InChI is InChI=1S/C10H8N8O3S/c19-15-10(5-22-18-20,8-13-16-17-14-8)12-9-11-6-3-1-2-4-7(6)21-9/h1-4H,5H2,(H,11,12)(H,13,14,16,17). The molecular formula is C10H8N8O3S. The fraction of sp³-hybridized carbons (Fsp3) is 0.200. The van der Waals surface area contributed by atoms with Crippen LogP contribution in [0.1, 0.15) is 5.82 Å². The van der Waals surface area contributed by atoms with Crippen LogP contribution in [0, 0.1) is 9.81 Å². The van der Waals surface area contributed by atoms with Gasteiger partial charge in [-0.2, -0.15) is 10.2 Å². The molecule has 0 amide bonds. The van der Waals surface area contributed by atoms with Crippen LogP contribution in [0.5, 0.6) is 0 Å². The van der Waals surface area contributed by atoms with E-state index in [9.17, 15) is 9.81 Å². The molecule has 2 N–H and O–H groups in total. The summed E-state index contributed by atoms with van der Waals surface area (Å²) in [6.45, 7) is 0. The number of hydrogen-bond acceptors (Lipinski definition) is 11. The van der Waals surface area contributed by atoms with Crippen molar-refractivity contribution in [1.29, 1.82) is 0 Å². The second-order valence-corrected chi connectivity index (χ2v) is 4.84. The maximum atomic E-state index is 11.4. The summed E-state index contributed by atoms with van der Waals surface area (Å²) >= 11 is 0.586. The summed E-state index contributed by atoms with van der Waals surface area (Å²) in [7, 11) is 0. The van der Waals surface area contributed by atoms with Gasteiger partial charge in [0.2, 0.25) is 11.5 Å². The number of aromatic nitrogens is 5. The van der Waals surface area contributed by atoms with Gasteiger partial charge in [-0.1, -0.05) is 12.1 Å². The minimum Gasteiger partial charge on any atom is -0.424 e. The molecule has 0 radical (unpaired) electrons. The number of oxazole rings is 1. The topological polar surface area (TPSA) is 151 Å². The van der Waals surface area contributed by atoms with Gasteiger partial charge in [0, 0.05) is 16.5 Å². The normalized spacial score (nSPS) is 13.6. The molecule has 0 spiro atoms. The molecule has 12 heteroatoms. The number of benzene rings is 1. The monoisotopic (exact) mass is 320 g/mol. The highest BCUT2D eigenvalue weighted by Gasteiger charge is 2.40. The summed E-state index contributed by atoms with van der Waals surface area (Å²) in [5, 5.41) is 18.8. The van der Waals surface area contributed by atoms with Gasteiger partial charge in [0.15, 0.2) is 5.58 Å². The lowest BCUT2D eigenvalue weighted by atomic mass is 10.2. The van der Waals surface area contributed by atoms with E-state index < -0.39 is 5.66 Å². The molecule has 0 saturated carbocycles. The molecule has 2 heterocycles. The molecule has 0 fully saturated rings. The predicted octanol–water partition coefficient (Wildman–Crippen LogP) is 1.79. The number of aromatic amines is 1. The van der Waals surface area contributed by atoms with E-state index in [0.717, 1.165) is 0 Å². The number of nitrogens with zero attached hydrogens (tertiary/aromatic N) is 6. The largest absolute Gasteiger partial charge is 0.424 e. The minimum atomic E-state index is -1.69. The lowest BCUT2D eigenvalue weighted by Gasteiger charge is -2.20. The van der Waals surface area contributed by atoms with Gasteiger partial charge in [-0.15, -0.1) is 20.0 Å². The van der Waals surface area contributed by atoms with Crippen LogP contribution >= 0.6 is 11.9 Å². The Labute approximate surface area is 126 Å². The van der Waals surface area contributed by atoms with Crippen LogP contribution in [0.2, 0.25) is 0 Å². The SMILES string of the molecule is O=NSCC(N=O)(Nc1nc2ccccc2o1)c1nn[nH]n1. The molecule has 112 valence electrons. The number of fused-ring (bicyclic) bond motifs is 1. The molecular weight excluding hydrogens is 312 g/mol. The second-order valence-electron chi connectivity index (χ2n) is 4.15. The highest BCUT2D eigenvalue weighted by Crippen LogP contribution is 2.30. The number of H-pyrrole nitrogens is 1. The van der Waals surface area contributed by atoms with Crippen LogP contribution in [-0.4, -0.2) is 31.4 Å². The van der Waals surface area contributed by atoms with Gasteiger partial charge in [0.05, 0.1) is 5.75 Å². The van der Waals surface area contributed by atoms with Gasteiger partial charge in [-0.25, -0.2) is 0 Å². The fourth-order valence-electron chi connectivity index (χ4n) is 1.81. The van der Waals surface area contributed by atoms with Gasteiger partial charge >= 0.3 is 0 Å². The zero-order valence-corrected chi connectivity index (χ0v) is 11.6. The second kappa shape index (κ2) is 5.85. The van der Waals surface area contributed by atoms with E-state index in [-0.39, 0.29) is 17.6 Å². The first-order valence-corrected chi connectivity index (χ1v) is 6.88. The Hall–Kier alpha value is -2.89. The van der Waals surface area contributed by atoms with Crippen molar-refractivity contribution in [1.82, 2.24) is 25.6 Å². The van der Waals surface area contributed by atoms with Crippen molar-refractivity contribution in [2.45, 2.75) is 5.66 Å². The van der Waals surface area contributed by atoms with Gasteiger partial charge in [0.25, 0.3) is 6.01 Å². The van der Waals surface area contributed by atoms with E-state index in [1.807, 2.05) is 0 Å². The predicted molar refractivity (Wildman–Crippen MR) is 77.5 cm³/mol. The van der Waals surface area contributed by atoms with Crippen LogP contribution in [-0.2, 0) is 5.66 Å². The highest BCUT2D eigenvalue weighted by molar-refractivity contribution is 7.97. The van der Waals surface area contributed by atoms with Crippen molar-refractivity contribution in [2.75, 3.05) is 11.1 Å². The zero-order chi connectivity index (χ0) is 15.4. The summed E-state index contributed by atoms with van der Waals surface area (Å²) in [5.41, 5.74) is -0.565. The number of para-hydroxylation sites is 2. The molecule has 3 rings (SSSR count). The third-order valence-corrected chi connectivity index (χ3v) is 3.46. The molecule has 2 aromatic heterocycles. The van der Waals surface area contributed by atoms with Crippen molar-refractivity contribution >= 4 is 29.1 Å². The first-order valence-electron chi connectivity index (χ1n) is 5.94. The van der Waals surface area contributed by atoms with E-state index in [1.165, 1.54) is 0 Å². The van der Waals surface area contributed by atoms with Crippen LogP contribution in [0.4, 0.5) is 6.01 Å². The maximum Gasteiger partial charge on any atom is 0.298 e. The minimum absolute atomic E-state index is 0.0390. The number of rotatable bonds is 7. The van der Waals surface area contributed by atoms with Crippen molar-refractivity contribution in [3.63, 3.8) is 0 Å². The number of hydrogen-bond donors (Lipinski definition) is 2. The summed E-state index contributed by atoms with van der Waals surface area (Å²) in [6, 6.07) is 7.09. The Morgan fingerprint density at radius 2 is 2.23 bits per heavy atom. The highest BCUT2D eigenvalue weighted by atomic mass is 32.2. The number of anilines is 1. The Balaban J connectivity index is 1.98. The van der Waals surface area contributed by atoms with Gasteiger partial charge in [0.1, 0.15) is 5.52 Å². The van der Waals surface area contributed by atoms with E-state index in [0.29, 0.717) is 23.0 Å². The van der Waals surface area contributed by atoms with Crippen LogP contribution in [0.25, 0.3) is 11.1 Å². The molecule has 1 atom stereocenters. The van der Waals surface area contributed by atoms with Crippen molar-refractivity contribution in [2.24, 2.45) is 9.76 Å². The first kappa shape index (κ1) is 14.1. The third kappa shape index (κ3) is 2.50. The number of nitrogens with one attached hydrogen (secondary N) is 2. The third-order valence-electron chi connectivity index (χ3n) is 2.80. The summed E-state index contributed by atoms with van der Waals surface area (Å²) in [4.78, 5) is 25.9. The van der Waals surface area contributed by atoms with E-state index in [2.05, 4.69) is 40.7 Å². The molecule has 0 aliphatic heterocycles. The summed E-state index contributed by atoms with van der Waals surface area (Å²) in [5.74, 6) is -0.209. The molecule has 0 bridgehead atoms. The van der Waals surface area contributed by atoms with Gasteiger partial charge in [-0.05, 0) is 22.5 Å². The number of nitroso groups, excluding NO2 is 2.